The number of hydrogen-bond acceptors (Lipinski definition) is 3. The van der Waals surface area contributed by atoms with E-state index in [0.29, 0.717) is 31.9 Å². The van der Waals surface area contributed by atoms with E-state index < -0.39 is 11.7 Å². The van der Waals surface area contributed by atoms with E-state index in [4.69, 9.17) is 16.0 Å². The summed E-state index contributed by atoms with van der Waals surface area (Å²) in [4.78, 5) is 15.4. The van der Waals surface area contributed by atoms with Gasteiger partial charge in [0.2, 0.25) is 0 Å². The number of benzene rings is 1. The van der Waals surface area contributed by atoms with Crippen molar-refractivity contribution in [1.82, 2.24) is 10.2 Å². The summed E-state index contributed by atoms with van der Waals surface area (Å²) in [6, 6.07) is 6.95. The second kappa shape index (κ2) is 7.49. The lowest BCUT2D eigenvalue weighted by Gasteiger charge is -2.37. The van der Waals surface area contributed by atoms with Crippen LogP contribution in [-0.2, 0) is 12.7 Å². The topological polar surface area (TPSA) is 48.7 Å². The normalized spacial score (nSPS) is 15.2. The first-order valence-corrected chi connectivity index (χ1v) is 8.39. The number of urea groups is 1. The number of carbonyl (C=O) groups excluding carboxylic acids is 1. The molecule has 0 aliphatic carbocycles. The standard InChI is InChI=1S/C17H17ClF3N3O2/c18-12-3-4-15(14(10-12)17(19,20)21)23-5-7-24(8-6-23)16(25)22-11-13-2-1-9-26-13/h1-4,9-10H,5-8,11H2,(H,22,25). The Balaban J connectivity index is 1.61. The van der Waals surface area contributed by atoms with Gasteiger partial charge >= 0.3 is 12.2 Å². The van der Waals surface area contributed by atoms with Crippen LogP contribution in [0.25, 0.3) is 0 Å². The molecule has 2 amide bonds. The molecule has 1 aromatic heterocycles. The fourth-order valence-corrected chi connectivity index (χ4v) is 3.02. The molecule has 0 radical (unpaired) electrons. The fraction of sp³-hybridized carbons (Fsp3) is 0.353. The van der Waals surface area contributed by atoms with Gasteiger partial charge in [0.1, 0.15) is 5.76 Å². The van der Waals surface area contributed by atoms with Crippen LogP contribution < -0.4 is 10.2 Å². The van der Waals surface area contributed by atoms with Crippen LogP contribution in [0.4, 0.5) is 23.7 Å². The molecule has 140 valence electrons. The molecule has 26 heavy (non-hydrogen) atoms. The van der Waals surface area contributed by atoms with Crippen molar-refractivity contribution in [1.29, 1.82) is 0 Å². The lowest BCUT2D eigenvalue weighted by molar-refractivity contribution is -0.137. The Morgan fingerprint density at radius 2 is 1.92 bits per heavy atom. The molecule has 0 unspecified atom stereocenters. The number of anilines is 1. The minimum absolute atomic E-state index is 0.0389. The van der Waals surface area contributed by atoms with Gasteiger partial charge in [0.25, 0.3) is 0 Å². The van der Waals surface area contributed by atoms with Gasteiger partial charge in [-0.1, -0.05) is 11.6 Å². The molecule has 3 rings (SSSR count). The van der Waals surface area contributed by atoms with Crippen molar-refractivity contribution in [2.75, 3.05) is 31.1 Å². The SMILES string of the molecule is O=C(NCc1ccco1)N1CCN(c2ccc(Cl)cc2C(F)(F)F)CC1. The molecular weight excluding hydrogens is 371 g/mol. The average Bonchev–Trinajstić information content (AvgIpc) is 3.12. The summed E-state index contributed by atoms with van der Waals surface area (Å²) >= 11 is 5.72. The molecule has 2 aromatic rings. The van der Waals surface area contributed by atoms with Crippen LogP contribution in [0, 0.1) is 0 Å². The van der Waals surface area contributed by atoms with Gasteiger partial charge in [-0.15, -0.1) is 0 Å². The summed E-state index contributed by atoms with van der Waals surface area (Å²) in [6.45, 7) is 1.52. The van der Waals surface area contributed by atoms with Gasteiger partial charge in [-0.25, -0.2) is 4.79 Å². The van der Waals surface area contributed by atoms with Gasteiger partial charge in [0.05, 0.1) is 18.4 Å². The van der Waals surface area contributed by atoms with Gasteiger partial charge in [0.15, 0.2) is 0 Å². The third-order valence-corrected chi connectivity index (χ3v) is 4.40. The van der Waals surface area contributed by atoms with E-state index >= 15 is 0 Å². The molecule has 5 nitrogen and oxygen atoms in total. The molecule has 0 bridgehead atoms. The predicted octanol–water partition coefficient (Wildman–Crippen LogP) is 3.98. The molecule has 1 saturated heterocycles. The van der Waals surface area contributed by atoms with Crippen LogP contribution in [-0.4, -0.2) is 37.1 Å². The molecule has 1 aliphatic heterocycles. The molecule has 0 spiro atoms. The van der Waals surface area contributed by atoms with Gasteiger partial charge in [-0.3, -0.25) is 0 Å². The minimum Gasteiger partial charge on any atom is -0.467 e. The van der Waals surface area contributed by atoms with Crippen molar-refractivity contribution in [3.8, 4) is 0 Å². The maximum Gasteiger partial charge on any atom is 0.418 e. The molecule has 0 atom stereocenters. The van der Waals surface area contributed by atoms with Crippen LogP contribution in [0.2, 0.25) is 5.02 Å². The molecule has 9 heteroatoms. The van der Waals surface area contributed by atoms with E-state index in [1.165, 1.54) is 18.4 Å². The average molecular weight is 388 g/mol. The fourth-order valence-electron chi connectivity index (χ4n) is 2.85. The highest BCUT2D eigenvalue weighted by Crippen LogP contribution is 2.38. The maximum absolute atomic E-state index is 13.3. The number of amides is 2. The van der Waals surface area contributed by atoms with E-state index in [9.17, 15) is 18.0 Å². The number of rotatable bonds is 3. The lowest BCUT2D eigenvalue weighted by Crippen LogP contribution is -2.52. The quantitative estimate of drug-likeness (QED) is 0.866. The minimum atomic E-state index is -4.49. The zero-order valence-electron chi connectivity index (χ0n) is 13.7. The van der Waals surface area contributed by atoms with E-state index in [1.807, 2.05) is 0 Å². The van der Waals surface area contributed by atoms with Gasteiger partial charge in [-0.05, 0) is 30.3 Å². The van der Waals surface area contributed by atoms with Crippen molar-refractivity contribution in [2.45, 2.75) is 12.7 Å². The second-order valence-electron chi connectivity index (χ2n) is 5.87. The van der Waals surface area contributed by atoms with Crippen molar-refractivity contribution >= 4 is 23.3 Å². The van der Waals surface area contributed by atoms with Crippen molar-refractivity contribution in [3.63, 3.8) is 0 Å². The summed E-state index contributed by atoms with van der Waals surface area (Å²) in [5.41, 5.74) is -0.682. The van der Waals surface area contributed by atoms with E-state index in [1.54, 1.807) is 21.9 Å². The number of hydrogen-bond donors (Lipinski definition) is 1. The summed E-state index contributed by atoms with van der Waals surface area (Å²) in [5.74, 6) is 0.632. The number of halogens is 4. The summed E-state index contributed by atoms with van der Waals surface area (Å²) in [5, 5.41) is 2.77. The predicted molar refractivity (Wildman–Crippen MR) is 91.2 cm³/mol. The van der Waals surface area contributed by atoms with Crippen LogP contribution in [0.3, 0.4) is 0 Å². The third-order valence-electron chi connectivity index (χ3n) is 4.17. The summed E-state index contributed by atoms with van der Waals surface area (Å²) < 4.78 is 44.9. The Bertz CT molecular complexity index is 757. The van der Waals surface area contributed by atoms with Crippen LogP contribution in [0.15, 0.2) is 41.0 Å². The number of nitrogens with one attached hydrogen (secondary N) is 1. The van der Waals surface area contributed by atoms with Crippen LogP contribution >= 0.6 is 11.6 Å². The highest BCUT2D eigenvalue weighted by molar-refractivity contribution is 6.30. The monoisotopic (exact) mass is 387 g/mol. The summed E-state index contributed by atoms with van der Waals surface area (Å²) in [7, 11) is 0. The zero-order valence-corrected chi connectivity index (χ0v) is 14.5. The van der Waals surface area contributed by atoms with E-state index in [0.717, 1.165) is 6.07 Å². The zero-order chi connectivity index (χ0) is 18.7. The highest BCUT2D eigenvalue weighted by Gasteiger charge is 2.36. The number of piperazine rings is 1. The number of furan rings is 1. The van der Waals surface area contributed by atoms with Gasteiger partial charge in [-0.2, -0.15) is 13.2 Å². The van der Waals surface area contributed by atoms with Gasteiger partial charge < -0.3 is 19.5 Å². The number of nitrogens with zero attached hydrogens (tertiary/aromatic N) is 2. The molecule has 1 N–H and O–H groups in total. The second-order valence-corrected chi connectivity index (χ2v) is 6.31. The largest absolute Gasteiger partial charge is 0.467 e. The number of carbonyl (C=O) groups is 1. The van der Waals surface area contributed by atoms with Gasteiger partial charge in [0, 0.05) is 36.9 Å². The van der Waals surface area contributed by atoms with E-state index in [-0.39, 0.29) is 23.3 Å². The molecule has 0 saturated carbocycles. The molecule has 1 aliphatic rings. The third kappa shape index (κ3) is 4.24. The first-order valence-electron chi connectivity index (χ1n) is 8.01. The van der Waals surface area contributed by atoms with E-state index in [2.05, 4.69) is 5.32 Å². The summed E-state index contributed by atoms with van der Waals surface area (Å²) in [6.07, 6.45) is -2.97. The lowest BCUT2D eigenvalue weighted by atomic mass is 10.1. The maximum atomic E-state index is 13.3. The van der Waals surface area contributed by atoms with Crippen LogP contribution in [0.5, 0.6) is 0 Å². The molecule has 1 fully saturated rings. The van der Waals surface area contributed by atoms with Crippen molar-refractivity contribution < 1.29 is 22.4 Å². The van der Waals surface area contributed by atoms with Crippen molar-refractivity contribution in [2.24, 2.45) is 0 Å². The smallest absolute Gasteiger partial charge is 0.418 e. The Morgan fingerprint density at radius 3 is 2.54 bits per heavy atom. The highest BCUT2D eigenvalue weighted by atomic mass is 35.5. The first-order chi connectivity index (χ1) is 12.3. The number of alkyl halides is 3. The Labute approximate surface area is 153 Å². The molecule has 2 heterocycles. The Kier molecular flexibility index (Phi) is 5.31. The first kappa shape index (κ1) is 18.4. The molecule has 1 aromatic carbocycles. The molecular formula is C17H17ClF3N3O2. The van der Waals surface area contributed by atoms with Crippen LogP contribution in [0.1, 0.15) is 11.3 Å². The Hall–Kier alpha value is -2.35. The Morgan fingerprint density at radius 1 is 1.19 bits per heavy atom. The van der Waals surface area contributed by atoms with Crippen molar-refractivity contribution in [3.05, 3.63) is 52.9 Å².